The molecule has 2 N–H and O–H groups in total. The molecule has 8 heteroatoms. The van der Waals surface area contributed by atoms with E-state index in [0.717, 1.165) is 5.56 Å². The molecule has 3 rings (SSSR count). The van der Waals surface area contributed by atoms with E-state index < -0.39 is 16.1 Å². The number of sulfonamides is 1. The molecular formula is C25H27ClN2O4S. The van der Waals surface area contributed by atoms with E-state index in [2.05, 4.69) is 23.9 Å². The number of hydrogen-bond acceptors (Lipinski definition) is 4. The number of amides is 1. The van der Waals surface area contributed by atoms with Gasteiger partial charge in [-0.25, -0.2) is 8.42 Å². The molecule has 0 spiro atoms. The van der Waals surface area contributed by atoms with Crippen LogP contribution in [0.3, 0.4) is 0 Å². The largest absolute Gasteiger partial charge is 0.481 e. The minimum atomic E-state index is -3.81. The second-order valence-corrected chi connectivity index (χ2v) is 10.1. The highest BCUT2D eigenvalue weighted by Gasteiger charge is 2.19. The maximum atomic E-state index is 12.7. The van der Waals surface area contributed by atoms with Crippen molar-refractivity contribution in [2.24, 2.45) is 0 Å². The highest BCUT2D eigenvalue weighted by molar-refractivity contribution is 7.92. The molecule has 1 atom stereocenters. The summed E-state index contributed by atoms with van der Waals surface area (Å²) in [7, 11) is -3.81. The zero-order chi connectivity index (χ0) is 24.2. The van der Waals surface area contributed by atoms with Crippen LogP contribution in [-0.4, -0.2) is 20.4 Å². The van der Waals surface area contributed by atoms with E-state index in [4.69, 9.17) is 16.3 Å². The maximum absolute atomic E-state index is 12.7. The molecule has 0 bridgehead atoms. The molecule has 0 fully saturated rings. The standard InChI is InChI=1S/C25H27ClN2O4S/c1-16(2)21-8-5-6-11-24(21)32-18(4)25(29)27-19-12-14-20(15-13-19)33(30,31)28-23-10-7-9-22(26)17(23)3/h5-16,18,28H,1-4H3,(H,27,29)/t18-/m1/s1. The summed E-state index contributed by atoms with van der Waals surface area (Å²) in [6.45, 7) is 7.53. The van der Waals surface area contributed by atoms with Crippen molar-refractivity contribution in [2.45, 2.75) is 44.6 Å². The van der Waals surface area contributed by atoms with Gasteiger partial charge in [-0.1, -0.05) is 49.7 Å². The van der Waals surface area contributed by atoms with E-state index >= 15 is 0 Å². The first kappa shape index (κ1) is 24.6. The van der Waals surface area contributed by atoms with Crippen molar-refractivity contribution in [3.8, 4) is 5.75 Å². The number of ether oxygens (including phenoxy) is 1. The van der Waals surface area contributed by atoms with Crippen molar-refractivity contribution in [3.63, 3.8) is 0 Å². The zero-order valence-electron chi connectivity index (χ0n) is 18.9. The Morgan fingerprint density at radius 1 is 0.939 bits per heavy atom. The highest BCUT2D eigenvalue weighted by atomic mass is 35.5. The van der Waals surface area contributed by atoms with Crippen LogP contribution in [-0.2, 0) is 14.8 Å². The fraction of sp³-hybridized carbons (Fsp3) is 0.240. The molecule has 0 aliphatic rings. The second kappa shape index (κ2) is 10.3. The van der Waals surface area contributed by atoms with Gasteiger partial charge in [0, 0.05) is 10.7 Å². The fourth-order valence-electron chi connectivity index (χ4n) is 3.19. The summed E-state index contributed by atoms with van der Waals surface area (Å²) >= 11 is 6.07. The molecule has 174 valence electrons. The number of benzene rings is 3. The molecule has 0 aromatic heterocycles. The third-order valence-electron chi connectivity index (χ3n) is 5.16. The predicted molar refractivity (Wildman–Crippen MR) is 133 cm³/mol. The summed E-state index contributed by atoms with van der Waals surface area (Å²) in [4.78, 5) is 12.7. The molecule has 1 amide bonds. The predicted octanol–water partition coefficient (Wildman–Crippen LogP) is 5.98. The van der Waals surface area contributed by atoms with Crippen molar-refractivity contribution in [2.75, 3.05) is 10.0 Å². The van der Waals surface area contributed by atoms with Crippen LogP contribution >= 0.6 is 11.6 Å². The van der Waals surface area contributed by atoms with Crippen LogP contribution in [0.1, 0.15) is 37.8 Å². The van der Waals surface area contributed by atoms with Crippen LogP contribution in [0.2, 0.25) is 5.02 Å². The smallest absolute Gasteiger partial charge is 0.265 e. The Morgan fingerprint density at radius 3 is 2.27 bits per heavy atom. The average Bonchev–Trinajstić information content (AvgIpc) is 2.77. The Bertz CT molecular complexity index is 1240. The van der Waals surface area contributed by atoms with Gasteiger partial charge in [0.1, 0.15) is 5.75 Å². The summed E-state index contributed by atoms with van der Waals surface area (Å²) in [6, 6.07) is 18.6. The Morgan fingerprint density at radius 2 is 1.61 bits per heavy atom. The molecule has 0 unspecified atom stereocenters. The third kappa shape index (κ3) is 6.06. The zero-order valence-corrected chi connectivity index (χ0v) is 20.5. The number of halogens is 1. The van der Waals surface area contributed by atoms with Gasteiger partial charge >= 0.3 is 0 Å². The summed E-state index contributed by atoms with van der Waals surface area (Å²) in [6.07, 6.45) is -0.735. The lowest BCUT2D eigenvalue weighted by atomic mass is 10.0. The molecule has 0 saturated heterocycles. The van der Waals surface area contributed by atoms with Gasteiger partial charge in [0.05, 0.1) is 10.6 Å². The molecular weight excluding hydrogens is 460 g/mol. The average molecular weight is 487 g/mol. The third-order valence-corrected chi connectivity index (χ3v) is 6.95. The fourth-order valence-corrected chi connectivity index (χ4v) is 4.49. The molecule has 0 radical (unpaired) electrons. The minimum absolute atomic E-state index is 0.0648. The first-order valence-electron chi connectivity index (χ1n) is 10.5. The van der Waals surface area contributed by atoms with E-state index in [-0.39, 0.29) is 16.7 Å². The van der Waals surface area contributed by atoms with Crippen molar-refractivity contribution in [1.29, 1.82) is 0 Å². The molecule has 0 aliphatic heterocycles. The van der Waals surface area contributed by atoms with Gasteiger partial charge in [0.2, 0.25) is 0 Å². The van der Waals surface area contributed by atoms with Crippen LogP contribution in [0, 0.1) is 6.92 Å². The lowest BCUT2D eigenvalue weighted by Crippen LogP contribution is -2.30. The van der Waals surface area contributed by atoms with E-state index in [9.17, 15) is 13.2 Å². The topological polar surface area (TPSA) is 84.5 Å². The highest BCUT2D eigenvalue weighted by Crippen LogP contribution is 2.28. The number of rotatable bonds is 8. The lowest BCUT2D eigenvalue weighted by molar-refractivity contribution is -0.122. The number of nitrogens with one attached hydrogen (secondary N) is 2. The number of carbonyl (C=O) groups excluding carboxylic acids is 1. The van der Waals surface area contributed by atoms with E-state index in [1.165, 1.54) is 24.3 Å². The molecule has 0 aliphatic carbocycles. The molecule has 6 nitrogen and oxygen atoms in total. The van der Waals surface area contributed by atoms with Gasteiger partial charge in [-0.3, -0.25) is 9.52 Å². The van der Waals surface area contributed by atoms with Crippen molar-refractivity contribution in [1.82, 2.24) is 0 Å². The summed E-state index contributed by atoms with van der Waals surface area (Å²) in [5.41, 5.74) is 2.53. The first-order valence-corrected chi connectivity index (χ1v) is 12.4. The van der Waals surface area contributed by atoms with Crippen LogP contribution in [0.25, 0.3) is 0 Å². The van der Waals surface area contributed by atoms with Crippen molar-refractivity contribution >= 4 is 38.9 Å². The van der Waals surface area contributed by atoms with Crippen LogP contribution in [0.15, 0.2) is 71.6 Å². The van der Waals surface area contributed by atoms with Crippen LogP contribution in [0.4, 0.5) is 11.4 Å². The normalized spacial score (nSPS) is 12.3. The number of anilines is 2. The SMILES string of the molecule is Cc1c(Cl)cccc1NS(=O)(=O)c1ccc(NC(=O)[C@@H](C)Oc2ccccc2C(C)C)cc1. The first-order chi connectivity index (χ1) is 15.6. The van der Waals surface area contributed by atoms with Gasteiger partial charge < -0.3 is 10.1 Å². The number of para-hydroxylation sites is 1. The summed E-state index contributed by atoms with van der Waals surface area (Å²) in [5.74, 6) is 0.589. The summed E-state index contributed by atoms with van der Waals surface area (Å²) in [5, 5.41) is 3.23. The van der Waals surface area contributed by atoms with E-state index in [1.807, 2.05) is 24.3 Å². The second-order valence-electron chi connectivity index (χ2n) is 7.98. The quantitative estimate of drug-likeness (QED) is 0.410. The molecule has 0 saturated carbocycles. The number of carbonyl (C=O) groups is 1. The Hall–Kier alpha value is -3.03. The monoisotopic (exact) mass is 486 g/mol. The van der Waals surface area contributed by atoms with Gasteiger partial charge in [0.25, 0.3) is 15.9 Å². The van der Waals surface area contributed by atoms with Gasteiger partial charge in [-0.15, -0.1) is 0 Å². The maximum Gasteiger partial charge on any atom is 0.265 e. The Balaban J connectivity index is 1.67. The van der Waals surface area contributed by atoms with Gasteiger partial charge in [-0.05, 0) is 73.4 Å². The van der Waals surface area contributed by atoms with E-state index in [1.54, 1.807) is 32.0 Å². The van der Waals surface area contributed by atoms with Crippen LogP contribution < -0.4 is 14.8 Å². The van der Waals surface area contributed by atoms with Gasteiger partial charge in [0.15, 0.2) is 6.10 Å². The Labute approximate surface area is 200 Å². The van der Waals surface area contributed by atoms with Gasteiger partial charge in [-0.2, -0.15) is 0 Å². The van der Waals surface area contributed by atoms with Crippen LogP contribution in [0.5, 0.6) is 5.75 Å². The summed E-state index contributed by atoms with van der Waals surface area (Å²) < 4.78 is 33.9. The van der Waals surface area contributed by atoms with E-state index in [0.29, 0.717) is 27.7 Å². The molecule has 0 heterocycles. The molecule has 3 aromatic rings. The molecule has 3 aromatic carbocycles. The van der Waals surface area contributed by atoms with Crippen molar-refractivity contribution in [3.05, 3.63) is 82.9 Å². The lowest BCUT2D eigenvalue weighted by Gasteiger charge is -2.19. The molecule has 33 heavy (non-hydrogen) atoms. The van der Waals surface area contributed by atoms with Crippen molar-refractivity contribution < 1.29 is 17.9 Å². The minimum Gasteiger partial charge on any atom is -0.481 e. The Kier molecular flexibility index (Phi) is 7.66. The number of hydrogen-bond donors (Lipinski definition) is 2.